The molecule has 1 aliphatic carbocycles. The Kier molecular flexibility index (Phi) is 5.59. The molecule has 4 nitrogen and oxygen atoms in total. The highest BCUT2D eigenvalue weighted by Crippen LogP contribution is 2.17. The fourth-order valence-corrected chi connectivity index (χ4v) is 2.50. The lowest BCUT2D eigenvalue weighted by Crippen LogP contribution is -2.40. The van der Waals surface area contributed by atoms with Crippen molar-refractivity contribution in [3.05, 3.63) is 42.2 Å². The first-order valence-electron chi connectivity index (χ1n) is 7.39. The van der Waals surface area contributed by atoms with E-state index >= 15 is 0 Å². The Morgan fingerprint density at radius 2 is 2.20 bits per heavy atom. The first-order chi connectivity index (χ1) is 9.79. The topological polar surface area (TPSA) is 54.0 Å². The second kappa shape index (κ2) is 7.68. The van der Waals surface area contributed by atoms with Crippen molar-refractivity contribution >= 4 is 6.03 Å². The Labute approximate surface area is 120 Å². The molecule has 2 rings (SSSR count). The number of hydrogen-bond donors (Lipinski definition) is 2. The first kappa shape index (κ1) is 14.6. The summed E-state index contributed by atoms with van der Waals surface area (Å²) in [6, 6.07) is 3.85. The minimum atomic E-state index is -0.0804. The molecule has 2 N–H and O–H groups in total. The Morgan fingerprint density at radius 1 is 1.40 bits per heavy atom. The summed E-state index contributed by atoms with van der Waals surface area (Å²) in [7, 11) is 0. The quantitative estimate of drug-likeness (QED) is 0.809. The molecular formula is C16H23N3O. The summed E-state index contributed by atoms with van der Waals surface area (Å²) in [4.78, 5) is 16.0. The average Bonchev–Trinajstić information content (AvgIpc) is 2.52. The average molecular weight is 273 g/mol. The molecule has 0 aromatic carbocycles. The van der Waals surface area contributed by atoms with Crippen LogP contribution in [-0.2, 0) is 0 Å². The fraction of sp³-hybridized carbons (Fsp3) is 0.500. The molecular weight excluding hydrogens is 250 g/mol. The van der Waals surface area contributed by atoms with Gasteiger partial charge in [0.05, 0.1) is 6.04 Å². The van der Waals surface area contributed by atoms with Crippen molar-refractivity contribution in [3.63, 3.8) is 0 Å². The van der Waals surface area contributed by atoms with Gasteiger partial charge in [-0.1, -0.05) is 19.1 Å². The summed E-state index contributed by atoms with van der Waals surface area (Å²) in [6.07, 6.45) is 12.2. The zero-order chi connectivity index (χ0) is 14.2. The van der Waals surface area contributed by atoms with Crippen LogP contribution in [0, 0.1) is 5.92 Å². The minimum Gasteiger partial charge on any atom is -0.338 e. The van der Waals surface area contributed by atoms with Crippen molar-refractivity contribution in [1.82, 2.24) is 15.6 Å². The number of urea groups is 1. The standard InChI is InChI=1S/C16H23N3O/c1-2-15(14-8-10-17-11-9-14)19-16(20)18-12-13-6-4-3-5-7-13/h3-4,8-11,13,15H,2,5-7,12H2,1H3,(H2,18,19,20)/t13-,15-/m1/s1. The van der Waals surface area contributed by atoms with E-state index in [4.69, 9.17) is 0 Å². The summed E-state index contributed by atoms with van der Waals surface area (Å²) in [5.74, 6) is 0.576. The van der Waals surface area contributed by atoms with Crippen LogP contribution in [0.1, 0.15) is 44.2 Å². The van der Waals surface area contributed by atoms with E-state index in [0.29, 0.717) is 5.92 Å². The largest absolute Gasteiger partial charge is 0.338 e. The van der Waals surface area contributed by atoms with E-state index in [-0.39, 0.29) is 12.1 Å². The van der Waals surface area contributed by atoms with Crippen LogP contribution in [0.3, 0.4) is 0 Å². The molecule has 2 amide bonds. The number of carbonyl (C=O) groups is 1. The highest BCUT2D eigenvalue weighted by Gasteiger charge is 2.14. The minimum absolute atomic E-state index is 0.0456. The zero-order valence-electron chi connectivity index (χ0n) is 12.0. The lowest BCUT2D eigenvalue weighted by Gasteiger charge is -2.21. The third-order valence-electron chi connectivity index (χ3n) is 3.75. The van der Waals surface area contributed by atoms with E-state index in [9.17, 15) is 4.79 Å². The molecule has 0 saturated carbocycles. The number of hydrogen-bond acceptors (Lipinski definition) is 2. The van der Waals surface area contributed by atoms with Gasteiger partial charge in [-0.2, -0.15) is 0 Å². The Bertz CT molecular complexity index is 444. The predicted molar refractivity (Wildman–Crippen MR) is 80.3 cm³/mol. The van der Waals surface area contributed by atoms with Crippen LogP contribution in [0.2, 0.25) is 0 Å². The SMILES string of the molecule is CC[C@@H](NC(=O)NC[C@@H]1CC=CCC1)c1ccncc1. The predicted octanol–water partition coefficient (Wildman–Crippen LogP) is 3.19. The van der Waals surface area contributed by atoms with Crippen molar-refractivity contribution < 1.29 is 4.79 Å². The van der Waals surface area contributed by atoms with E-state index in [2.05, 4.69) is 34.7 Å². The van der Waals surface area contributed by atoms with Crippen LogP contribution in [0.5, 0.6) is 0 Å². The molecule has 1 aliphatic rings. The van der Waals surface area contributed by atoms with Crippen molar-refractivity contribution in [3.8, 4) is 0 Å². The van der Waals surface area contributed by atoms with Gasteiger partial charge in [-0.25, -0.2) is 4.79 Å². The van der Waals surface area contributed by atoms with E-state index in [0.717, 1.165) is 31.4 Å². The van der Waals surface area contributed by atoms with Crippen LogP contribution in [-0.4, -0.2) is 17.6 Å². The van der Waals surface area contributed by atoms with Crippen LogP contribution in [0.4, 0.5) is 4.79 Å². The van der Waals surface area contributed by atoms with Gasteiger partial charge in [-0.15, -0.1) is 0 Å². The third-order valence-corrected chi connectivity index (χ3v) is 3.75. The Morgan fingerprint density at radius 3 is 2.85 bits per heavy atom. The molecule has 20 heavy (non-hydrogen) atoms. The molecule has 4 heteroatoms. The molecule has 0 spiro atoms. The van der Waals surface area contributed by atoms with Crippen LogP contribution < -0.4 is 10.6 Å². The van der Waals surface area contributed by atoms with Crippen molar-refractivity contribution in [2.24, 2.45) is 5.92 Å². The molecule has 0 radical (unpaired) electrons. The lowest BCUT2D eigenvalue weighted by atomic mass is 9.94. The second-order valence-electron chi connectivity index (χ2n) is 5.25. The molecule has 1 heterocycles. The summed E-state index contributed by atoms with van der Waals surface area (Å²) in [5.41, 5.74) is 1.10. The molecule has 0 fully saturated rings. The Hall–Kier alpha value is -1.84. The van der Waals surface area contributed by atoms with E-state index in [1.54, 1.807) is 12.4 Å². The number of allylic oxidation sites excluding steroid dienone is 2. The van der Waals surface area contributed by atoms with Gasteiger partial charge in [0, 0.05) is 18.9 Å². The number of nitrogens with zero attached hydrogens (tertiary/aromatic N) is 1. The molecule has 0 bridgehead atoms. The maximum atomic E-state index is 12.0. The summed E-state index contributed by atoms with van der Waals surface area (Å²) >= 11 is 0. The highest BCUT2D eigenvalue weighted by atomic mass is 16.2. The molecule has 0 saturated heterocycles. The van der Waals surface area contributed by atoms with Crippen LogP contribution in [0.15, 0.2) is 36.7 Å². The number of pyridine rings is 1. The Balaban J connectivity index is 1.79. The fourth-order valence-electron chi connectivity index (χ4n) is 2.50. The van der Waals surface area contributed by atoms with Crippen molar-refractivity contribution in [2.45, 2.75) is 38.6 Å². The summed E-state index contributed by atoms with van der Waals surface area (Å²) in [5, 5.41) is 6.01. The molecule has 0 aliphatic heterocycles. The molecule has 0 unspecified atom stereocenters. The van der Waals surface area contributed by atoms with Crippen molar-refractivity contribution in [1.29, 1.82) is 0 Å². The van der Waals surface area contributed by atoms with Gasteiger partial charge in [-0.3, -0.25) is 4.98 Å². The van der Waals surface area contributed by atoms with E-state index in [1.807, 2.05) is 12.1 Å². The number of carbonyl (C=O) groups excluding carboxylic acids is 1. The molecule has 1 aromatic heterocycles. The lowest BCUT2D eigenvalue weighted by molar-refractivity contribution is 0.234. The number of nitrogens with one attached hydrogen (secondary N) is 2. The normalized spacial score (nSPS) is 19.4. The van der Waals surface area contributed by atoms with Crippen LogP contribution in [0.25, 0.3) is 0 Å². The molecule has 2 atom stereocenters. The van der Waals surface area contributed by atoms with Gasteiger partial charge < -0.3 is 10.6 Å². The number of amides is 2. The molecule has 1 aromatic rings. The van der Waals surface area contributed by atoms with Gasteiger partial charge in [0.15, 0.2) is 0 Å². The maximum Gasteiger partial charge on any atom is 0.315 e. The van der Waals surface area contributed by atoms with E-state index in [1.165, 1.54) is 6.42 Å². The third kappa shape index (κ3) is 4.37. The van der Waals surface area contributed by atoms with Gasteiger partial charge in [0.1, 0.15) is 0 Å². The van der Waals surface area contributed by atoms with E-state index < -0.39 is 0 Å². The van der Waals surface area contributed by atoms with Crippen LogP contribution >= 0.6 is 0 Å². The smallest absolute Gasteiger partial charge is 0.315 e. The monoisotopic (exact) mass is 273 g/mol. The van der Waals surface area contributed by atoms with Gasteiger partial charge in [0.25, 0.3) is 0 Å². The van der Waals surface area contributed by atoms with Gasteiger partial charge in [0.2, 0.25) is 0 Å². The van der Waals surface area contributed by atoms with Gasteiger partial charge in [-0.05, 0) is 49.3 Å². The summed E-state index contributed by atoms with van der Waals surface area (Å²) < 4.78 is 0. The zero-order valence-corrected chi connectivity index (χ0v) is 12.0. The number of aromatic nitrogens is 1. The highest BCUT2D eigenvalue weighted by molar-refractivity contribution is 5.74. The maximum absolute atomic E-state index is 12.0. The van der Waals surface area contributed by atoms with Gasteiger partial charge >= 0.3 is 6.03 Å². The molecule has 108 valence electrons. The van der Waals surface area contributed by atoms with Crippen molar-refractivity contribution in [2.75, 3.05) is 6.54 Å². The first-order valence-corrected chi connectivity index (χ1v) is 7.39. The summed E-state index contributed by atoms with van der Waals surface area (Å²) in [6.45, 7) is 2.82. The number of rotatable bonds is 5. The second-order valence-corrected chi connectivity index (χ2v) is 5.25.